The van der Waals surface area contributed by atoms with Crippen LogP contribution in [0.1, 0.15) is 16.0 Å². The van der Waals surface area contributed by atoms with Gasteiger partial charge in [0, 0.05) is 22.9 Å². The second-order valence-electron chi connectivity index (χ2n) is 4.19. The van der Waals surface area contributed by atoms with Gasteiger partial charge in [-0.3, -0.25) is 0 Å². The Hall–Kier alpha value is -0.800. The first-order chi connectivity index (χ1) is 8.20. The minimum atomic E-state index is 0.919. The molecule has 0 aliphatic rings. The van der Waals surface area contributed by atoms with Crippen LogP contribution in [0.2, 0.25) is 0 Å². The fourth-order valence-corrected chi connectivity index (χ4v) is 3.06. The Labute approximate surface area is 115 Å². The highest BCUT2D eigenvalue weighted by Gasteiger charge is 2.06. The molecule has 1 aromatic carbocycles. The van der Waals surface area contributed by atoms with E-state index in [-0.39, 0.29) is 0 Å². The third-order valence-electron chi connectivity index (χ3n) is 2.80. The molecule has 0 bridgehead atoms. The number of aryl methyl sites for hydroxylation is 1. The number of hydrogen-bond acceptors (Lipinski definition) is 2. The fourth-order valence-electron chi connectivity index (χ4n) is 1.95. The van der Waals surface area contributed by atoms with Crippen LogP contribution in [0.15, 0.2) is 35.7 Å². The molecule has 1 aromatic heterocycles. The van der Waals surface area contributed by atoms with Gasteiger partial charge in [0.15, 0.2) is 0 Å². The van der Waals surface area contributed by atoms with Crippen molar-refractivity contribution in [2.75, 3.05) is 11.9 Å². The monoisotopic (exact) mass is 309 g/mol. The van der Waals surface area contributed by atoms with Gasteiger partial charge < -0.3 is 4.90 Å². The van der Waals surface area contributed by atoms with Gasteiger partial charge in [-0.05, 0) is 35.6 Å². The second-order valence-corrected chi connectivity index (χ2v) is 5.78. The van der Waals surface area contributed by atoms with Crippen LogP contribution < -0.4 is 4.90 Å². The Bertz CT molecular complexity index is 479. The Morgan fingerprint density at radius 1 is 1.29 bits per heavy atom. The molecule has 3 heteroatoms. The average Bonchev–Trinajstić information content (AvgIpc) is 2.81. The maximum atomic E-state index is 3.49. The van der Waals surface area contributed by atoms with Gasteiger partial charge in [-0.2, -0.15) is 0 Å². The summed E-state index contributed by atoms with van der Waals surface area (Å²) in [6.07, 6.45) is 0. The molecule has 0 fully saturated rings. The van der Waals surface area contributed by atoms with Crippen molar-refractivity contribution in [1.29, 1.82) is 0 Å². The lowest BCUT2D eigenvalue weighted by Gasteiger charge is -2.21. The Morgan fingerprint density at radius 2 is 2.12 bits per heavy atom. The van der Waals surface area contributed by atoms with Gasteiger partial charge in [0.25, 0.3) is 0 Å². The average molecular weight is 310 g/mol. The molecule has 0 saturated carbocycles. The van der Waals surface area contributed by atoms with Crippen molar-refractivity contribution in [2.45, 2.75) is 18.8 Å². The van der Waals surface area contributed by atoms with Crippen molar-refractivity contribution in [3.05, 3.63) is 51.7 Å². The summed E-state index contributed by atoms with van der Waals surface area (Å²) in [7, 11) is 2.15. The van der Waals surface area contributed by atoms with Crippen LogP contribution in [0.3, 0.4) is 0 Å². The third kappa shape index (κ3) is 3.11. The molecule has 0 aliphatic carbocycles. The summed E-state index contributed by atoms with van der Waals surface area (Å²) in [5.74, 6) is 0. The van der Waals surface area contributed by atoms with Gasteiger partial charge in [-0.25, -0.2) is 0 Å². The van der Waals surface area contributed by atoms with Crippen molar-refractivity contribution in [3.63, 3.8) is 0 Å². The lowest BCUT2D eigenvalue weighted by atomic mass is 10.1. The Morgan fingerprint density at radius 3 is 2.71 bits per heavy atom. The van der Waals surface area contributed by atoms with Crippen LogP contribution in [0, 0.1) is 6.92 Å². The van der Waals surface area contributed by atoms with Crippen molar-refractivity contribution >= 4 is 33.0 Å². The molecular weight excluding hydrogens is 294 g/mol. The van der Waals surface area contributed by atoms with E-state index in [0.29, 0.717) is 0 Å². The SMILES string of the molecule is Cc1cc(CBr)ccc1N(C)Cc1cccs1. The highest BCUT2D eigenvalue weighted by molar-refractivity contribution is 9.08. The van der Waals surface area contributed by atoms with Crippen molar-refractivity contribution in [1.82, 2.24) is 0 Å². The Kier molecular flexibility index (Phi) is 4.24. The highest BCUT2D eigenvalue weighted by Crippen LogP contribution is 2.23. The van der Waals surface area contributed by atoms with Crippen LogP contribution >= 0.6 is 27.3 Å². The maximum absolute atomic E-state index is 3.49. The summed E-state index contributed by atoms with van der Waals surface area (Å²) in [6.45, 7) is 3.15. The lowest BCUT2D eigenvalue weighted by molar-refractivity contribution is 0.933. The molecule has 0 radical (unpaired) electrons. The summed E-state index contributed by atoms with van der Waals surface area (Å²) >= 11 is 5.30. The molecule has 2 aromatic rings. The molecular formula is C14H16BrNS. The number of halogens is 1. The van der Waals surface area contributed by atoms with Crippen molar-refractivity contribution < 1.29 is 0 Å². The molecule has 2 rings (SSSR count). The molecule has 0 saturated heterocycles. The number of thiophene rings is 1. The van der Waals surface area contributed by atoms with Crippen LogP contribution in [-0.4, -0.2) is 7.05 Å². The number of benzene rings is 1. The van der Waals surface area contributed by atoms with Gasteiger partial charge in [-0.1, -0.05) is 34.1 Å². The normalized spacial score (nSPS) is 10.5. The molecule has 0 amide bonds. The summed E-state index contributed by atoms with van der Waals surface area (Å²) in [6, 6.07) is 10.9. The molecule has 0 atom stereocenters. The fraction of sp³-hybridized carbons (Fsp3) is 0.286. The summed E-state index contributed by atoms with van der Waals surface area (Å²) in [4.78, 5) is 3.70. The van der Waals surface area contributed by atoms with E-state index in [1.165, 1.54) is 21.7 Å². The summed E-state index contributed by atoms with van der Waals surface area (Å²) in [5, 5.41) is 3.05. The standard InChI is InChI=1S/C14H16BrNS/c1-11-8-12(9-15)5-6-14(11)16(2)10-13-4-3-7-17-13/h3-8H,9-10H2,1-2H3. The van der Waals surface area contributed by atoms with E-state index in [2.05, 4.69) is 70.5 Å². The highest BCUT2D eigenvalue weighted by atomic mass is 79.9. The van der Waals surface area contributed by atoms with E-state index in [1.54, 1.807) is 0 Å². The van der Waals surface area contributed by atoms with E-state index >= 15 is 0 Å². The van der Waals surface area contributed by atoms with Crippen LogP contribution in [0.4, 0.5) is 5.69 Å². The van der Waals surface area contributed by atoms with Gasteiger partial charge in [0.2, 0.25) is 0 Å². The van der Waals surface area contributed by atoms with E-state index in [1.807, 2.05) is 11.3 Å². The van der Waals surface area contributed by atoms with E-state index in [9.17, 15) is 0 Å². The largest absolute Gasteiger partial charge is 0.369 e. The Balaban J connectivity index is 2.16. The molecule has 0 aliphatic heterocycles. The van der Waals surface area contributed by atoms with Gasteiger partial charge in [0.05, 0.1) is 6.54 Å². The number of hydrogen-bond donors (Lipinski definition) is 0. The minimum Gasteiger partial charge on any atom is -0.369 e. The van der Waals surface area contributed by atoms with Crippen molar-refractivity contribution in [2.24, 2.45) is 0 Å². The van der Waals surface area contributed by atoms with Gasteiger partial charge in [-0.15, -0.1) is 11.3 Å². The van der Waals surface area contributed by atoms with Crippen LogP contribution in [0.5, 0.6) is 0 Å². The van der Waals surface area contributed by atoms with E-state index < -0.39 is 0 Å². The quantitative estimate of drug-likeness (QED) is 0.747. The smallest absolute Gasteiger partial charge is 0.0519 e. The first-order valence-corrected chi connectivity index (χ1v) is 7.60. The molecule has 1 heterocycles. The molecule has 17 heavy (non-hydrogen) atoms. The minimum absolute atomic E-state index is 0.919. The first-order valence-electron chi connectivity index (χ1n) is 5.59. The molecule has 0 unspecified atom stereocenters. The lowest BCUT2D eigenvalue weighted by Crippen LogP contribution is -2.16. The number of nitrogens with zero attached hydrogens (tertiary/aromatic N) is 1. The van der Waals surface area contributed by atoms with Crippen LogP contribution in [-0.2, 0) is 11.9 Å². The zero-order chi connectivity index (χ0) is 12.3. The van der Waals surface area contributed by atoms with Gasteiger partial charge in [0.1, 0.15) is 0 Å². The van der Waals surface area contributed by atoms with Gasteiger partial charge >= 0.3 is 0 Å². The number of anilines is 1. The summed E-state index contributed by atoms with van der Waals surface area (Å²) < 4.78 is 0. The number of alkyl halides is 1. The second kappa shape index (κ2) is 5.69. The predicted molar refractivity (Wildman–Crippen MR) is 80.2 cm³/mol. The topological polar surface area (TPSA) is 3.24 Å². The molecule has 0 spiro atoms. The predicted octanol–water partition coefficient (Wildman–Crippen LogP) is 4.59. The third-order valence-corrected chi connectivity index (χ3v) is 4.31. The molecule has 90 valence electrons. The molecule has 1 nitrogen and oxygen atoms in total. The maximum Gasteiger partial charge on any atom is 0.0519 e. The zero-order valence-electron chi connectivity index (χ0n) is 10.1. The number of rotatable bonds is 4. The van der Waals surface area contributed by atoms with E-state index in [0.717, 1.165) is 11.9 Å². The zero-order valence-corrected chi connectivity index (χ0v) is 12.5. The first kappa shape index (κ1) is 12.7. The van der Waals surface area contributed by atoms with E-state index in [4.69, 9.17) is 0 Å². The van der Waals surface area contributed by atoms with Crippen LogP contribution in [0.25, 0.3) is 0 Å². The summed E-state index contributed by atoms with van der Waals surface area (Å²) in [5.41, 5.74) is 3.97. The molecule has 0 N–H and O–H groups in total. The van der Waals surface area contributed by atoms with Crippen molar-refractivity contribution in [3.8, 4) is 0 Å².